The van der Waals surface area contributed by atoms with Gasteiger partial charge in [-0.3, -0.25) is 19.3 Å². The average molecular weight is 493 g/mol. The Kier molecular flexibility index (Phi) is 10.9. The number of hydrogen-bond donors (Lipinski definition) is 1. The van der Waals surface area contributed by atoms with E-state index in [-0.39, 0.29) is 36.0 Å². The predicted octanol–water partition coefficient (Wildman–Crippen LogP) is 6.09. The van der Waals surface area contributed by atoms with E-state index < -0.39 is 22.3 Å². The van der Waals surface area contributed by atoms with Crippen LogP contribution >= 0.6 is 0 Å². The molecular weight excluding hydrogens is 436 g/mol. The summed E-state index contributed by atoms with van der Waals surface area (Å²) in [6, 6.07) is -0.415. The van der Waals surface area contributed by atoms with Gasteiger partial charge in [-0.25, -0.2) is 0 Å². The number of hydrogen-bond acceptors (Lipinski definition) is 5. The summed E-state index contributed by atoms with van der Waals surface area (Å²) in [6.45, 7) is 25.2. The van der Waals surface area contributed by atoms with E-state index in [1.54, 1.807) is 0 Å². The summed E-state index contributed by atoms with van der Waals surface area (Å²) in [6.07, 6.45) is 5.24. The molecule has 0 aromatic heterocycles. The van der Waals surface area contributed by atoms with Crippen LogP contribution in [0, 0.1) is 28.1 Å². The van der Waals surface area contributed by atoms with Gasteiger partial charge < -0.3 is 5.32 Å². The van der Waals surface area contributed by atoms with E-state index in [2.05, 4.69) is 26.1 Å². The molecule has 0 aromatic carbocycles. The maximum atomic E-state index is 13.7. The number of Topliss-reactive ketones (excluding diaryl/α,β-unsaturated/α-hetero) is 3. The molecule has 0 amide bonds. The number of carbonyl (C=O) groups is 3. The lowest BCUT2D eigenvalue weighted by Gasteiger charge is -2.39. The molecule has 0 aliphatic heterocycles. The normalized spacial score (nSPS) is 21.2. The highest BCUT2D eigenvalue weighted by Gasteiger charge is 2.39. The molecule has 5 nitrogen and oxygen atoms in total. The van der Waals surface area contributed by atoms with Crippen LogP contribution < -0.4 is 5.32 Å². The average Bonchev–Trinajstić information content (AvgIpc) is 2.67. The molecule has 0 saturated heterocycles. The third-order valence-electron chi connectivity index (χ3n) is 7.29. The van der Waals surface area contributed by atoms with E-state index in [1.807, 2.05) is 67.2 Å². The molecule has 1 unspecified atom stereocenters. The topological polar surface area (TPSA) is 66.5 Å². The quantitative estimate of drug-likeness (QED) is 0.400. The van der Waals surface area contributed by atoms with E-state index in [4.69, 9.17) is 0 Å². The number of rotatable bonds is 10. The number of nitrogens with zero attached hydrogens (tertiary/aromatic N) is 1. The summed E-state index contributed by atoms with van der Waals surface area (Å²) in [5.74, 6) is 1.39. The fourth-order valence-electron chi connectivity index (χ4n) is 4.48. The van der Waals surface area contributed by atoms with Gasteiger partial charge in [0.15, 0.2) is 17.3 Å². The molecule has 1 rings (SSSR count). The second-order valence-electron chi connectivity index (χ2n) is 15.1. The van der Waals surface area contributed by atoms with Gasteiger partial charge in [0, 0.05) is 21.8 Å². The molecule has 1 saturated carbocycles. The Morgan fingerprint density at radius 1 is 0.686 bits per heavy atom. The van der Waals surface area contributed by atoms with Crippen molar-refractivity contribution in [2.75, 3.05) is 19.6 Å². The summed E-state index contributed by atoms with van der Waals surface area (Å²) in [7, 11) is 0. The van der Waals surface area contributed by atoms with Gasteiger partial charge >= 0.3 is 0 Å². The first kappa shape index (κ1) is 32.0. The highest BCUT2D eigenvalue weighted by molar-refractivity contribution is 5.92. The second-order valence-corrected chi connectivity index (χ2v) is 15.1. The standard InChI is InChI=1S/C30H56N2O3/c1-27(2,3)24(33)19-32(20-25(34)28(4,5)6)23(26(35)29(7,8)9)17-21-13-15-22(16-14-21)18-31-30(10,11)12/h21-23,31H,13-20H2,1-12H3. The largest absolute Gasteiger partial charge is 0.312 e. The van der Waals surface area contributed by atoms with Gasteiger partial charge in [0.2, 0.25) is 0 Å². The molecule has 0 radical (unpaired) electrons. The van der Waals surface area contributed by atoms with Crippen LogP contribution in [0.25, 0.3) is 0 Å². The first-order chi connectivity index (χ1) is 15.6. The first-order valence-corrected chi connectivity index (χ1v) is 13.7. The Hall–Kier alpha value is -1.07. The van der Waals surface area contributed by atoms with Gasteiger partial charge in [-0.15, -0.1) is 0 Å². The van der Waals surface area contributed by atoms with Crippen LogP contribution in [0.1, 0.15) is 115 Å². The van der Waals surface area contributed by atoms with Crippen molar-refractivity contribution in [3.8, 4) is 0 Å². The fourth-order valence-corrected chi connectivity index (χ4v) is 4.48. The molecule has 0 aromatic rings. The van der Waals surface area contributed by atoms with Gasteiger partial charge in [-0.1, -0.05) is 75.2 Å². The number of carbonyl (C=O) groups excluding carboxylic acids is 3. The van der Waals surface area contributed by atoms with E-state index in [1.165, 1.54) is 0 Å². The summed E-state index contributed by atoms with van der Waals surface area (Å²) in [4.78, 5) is 41.9. The molecule has 204 valence electrons. The third kappa shape index (κ3) is 11.2. The molecule has 1 aliphatic rings. The smallest absolute Gasteiger partial charge is 0.155 e. The molecule has 0 spiro atoms. The Labute approximate surface area is 216 Å². The fraction of sp³-hybridized carbons (Fsp3) is 0.900. The van der Waals surface area contributed by atoms with Crippen LogP contribution in [0.4, 0.5) is 0 Å². The van der Waals surface area contributed by atoms with Crippen molar-refractivity contribution in [2.24, 2.45) is 28.1 Å². The minimum atomic E-state index is -0.535. The van der Waals surface area contributed by atoms with Crippen LogP contribution in [-0.4, -0.2) is 53.5 Å². The highest BCUT2D eigenvalue weighted by atomic mass is 16.1. The number of nitrogens with one attached hydrogen (secondary N) is 1. The highest BCUT2D eigenvalue weighted by Crippen LogP contribution is 2.35. The minimum Gasteiger partial charge on any atom is -0.312 e. The predicted molar refractivity (Wildman–Crippen MR) is 147 cm³/mol. The Bertz CT molecular complexity index is 693. The molecule has 0 heterocycles. The van der Waals surface area contributed by atoms with Crippen molar-refractivity contribution in [1.82, 2.24) is 10.2 Å². The molecule has 1 atom stereocenters. The van der Waals surface area contributed by atoms with Gasteiger partial charge in [0.1, 0.15) is 0 Å². The van der Waals surface area contributed by atoms with Crippen LogP contribution in [0.3, 0.4) is 0 Å². The maximum absolute atomic E-state index is 13.7. The first-order valence-electron chi connectivity index (χ1n) is 13.7. The zero-order valence-corrected chi connectivity index (χ0v) is 25.1. The van der Waals surface area contributed by atoms with Crippen LogP contribution in [0.15, 0.2) is 0 Å². The third-order valence-corrected chi connectivity index (χ3v) is 7.29. The lowest BCUT2D eigenvalue weighted by molar-refractivity contribution is -0.138. The maximum Gasteiger partial charge on any atom is 0.155 e. The zero-order valence-electron chi connectivity index (χ0n) is 25.1. The van der Waals surface area contributed by atoms with Crippen molar-refractivity contribution in [3.63, 3.8) is 0 Å². The van der Waals surface area contributed by atoms with Crippen molar-refractivity contribution >= 4 is 17.3 Å². The summed E-state index contributed by atoms with van der Waals surface area (Å²) in [5, 5.41) is 3.64. The Morgan fingerprint density at radius 3 is 1.43 bits per heavy atom. The number of ketones is 3. The van der Waals surface area contributed by atoms with Crippen LogP contribution in [0.5, 0.6) is 0 Å². The van der Waals surface area contributed by atoms with Gasteiger partial charge in [-0.2, -0.15) is 0 Å². The van der Waals surface area contributed by atoms with E-state index in [0.717, 1.165) is 38.6 Å². The Morgan fingerprint density at radius 2 is 1.09 bits per heavy atom. The summed E-state index contributed by atoms with van der Waals surface area (Å²) >= 11 is 0. The van der Waals surface area contributed by atoms with E-state index in [9.17, 15) is 14.4 Å². The van der Waals surface area contributed by atoms with Crippen molar-refractivity contribution < 1.29 is 14.4 Å². The van der Waals surface area contributed by atoms with E-state index in [0.29, 0.717) is 11.8 Å². The monoisotopic (exact) mass is 492 g/mol. The van der Waals surface area contributed by atoms with Crippen LogP contribution in [-0.2, 0) is 14.4 Å². The van der Waals surface area contributed by atoms with Gasteiger partial charge in [0.05, 0.1) is 19.1 Å². The SMILES string of the molecule is CC(C)(C)NCC1CCC(CC(C(=O)C(C)(C)C)N(CC(=O)C(C)(C)C)CC(=O)C(C)(C)C)CC1. The molecule has 0 bridgehead atoms. The lowest BCUT2D eigenvalue weighted by atomic mass is 9.75. The molecule has 5 heteroatoms. The van der Waals surface area contributed by atoms with Crippen molar-refractivity contribution in [3.05, 3.63) is 0 Å². The van der Waals surface area contributed by atoms with Crippen LogP contribution in [0.2, 0.25) is 0 Å². The van der Waals surface area contributed by atoms with Crippen molar-refractivity contribution in [1.29, 1.82) is 0 Å². The molecule has 1 aliphatic carbocycles. The summed E-state index contributed by atoms with van der Waals surface area (Å²) < 4.78 is 0. The molecule has 35 heavy (non-hydrogen) atoms. The van der Waals surface area contributed by atoms with Gasteiger partial charge in [0.25, 0.3) is 0 Å². The van der Waals surface area contributed by atoms with E-state index >= 15 is 0 Å². The van der Waals surface area contributed by atoms with Gasteiger partial charge in [-0.05, 0) is 58.4 Å². The minimum absolute atomic E-state index is 0.0721. The Balaban J connectivity index is 3.12. The molecule has 1 fully saturated rings. The molecule has 1 N–H and O–H groups in total. The molecular formula is C30H56N2O3. The zero-order chi connectivity index (χ0) is 27.4. The lowest BCUT2D eigenvalue weighted by Crippen LogP contribution is -2.53. The van der Waals surface area contributed by atoms with Crippen molar-refractivity contribution in [2.45, 2.75) is 127 Å². The second kappa shape index (κ2) is 12.0. The summed E-state index contributed by atoms with van der Waals surface area (Å²) in [5.41, 5.74) is -1.44.